The van der Waals surface area contributed by atoms with Gasteiger partial charge in [-0.05, 0) is 42.8 Å². The molecule has 8 heteroatoms. The first-order valence-electron chi connectivity index (χ1n) is 8.49. The number of furan rings is 1. The molecule has 0 saturated heterocycles. The van der Waals surface area contributed by atoms with Gasteiger partial charge in [-0.2, -0.15) is 0 Å². The molecular formula is C20H16FN3O4. The van der Waals surface area contributed by atoms with Crippen LogP contribution in [0, 0.1) is 6.92 Å². The van der Waals surface area contributed by atoms with E-state index in [1.165, 1.54) is 23.9 Å². The van der Waals surface area contributed by atoms with Crippen LogP contribution in [0.4, 0.5) is 4.39 Å². The number of alkyl halides is 1. The zero-order chi connectivity index (χ0) is 19.8. The quantitative estimate of drug-likeness (QED) is 0.585. The first kappa shape index (κ1) is 17.7. The van der Waals surface area contributed by atoms with Crippen molar-refractivity contribution in [2.75, 3.05) is 0 Å². The van der Waals surface area contributed by atoms with Gasteiger partial charge in [-0.1, -0.05) is 0 Å². The van der Waals surface area contributed by atoms with E-state index in [4.69, 9.17) is 9.15 Å². The number of nitrogens with one attached hydrogen (secondary N) is 1. The van der Waals surface area contributed by atoms with Gasteiger partial charge in [-0.25, -0.2) is 14.2 Å². The minimum absolute atomic E-state index is 0.292. The van der Waals surface area contributed by atoms with Crippen molar-refractivity contribution in [2.24, 2.45) is 7.05 Å². The van der Waals surface area contributed by atoms with Crippen molar-refractivity contribution in [3.8, 4) is 22.9 Å². The summed E-state index contributed by atoms with van der Waals surface area (Å²) in [6, 6.07) is 8.24. The third-order valence-electron chi connectivity index (χ3n) is 4.59. The average molecular weight is 381 g/mol. The van der Waals surface area contributed by atoms with Crippen molar-refractivity contribution in [1.82, 2.24) is 14.5 Å². The number of fused-ring (bicyclic) bond motifs is 1. The van der Waals surface area contributed by atoms with Crippen LogP contribution < -0.4 is 16.0 Å². The highest BCUT2D eigenvalue weighted by Gasteiger charge is 2.16. The molecule has 0 amide bonds. The lowest BCUT2D eigenvalue weighted by atomic mass is 10.0. The summed E-state index contributed by atoms with van der Waals surface area (Å²) in [5.41, 5.74) is 0.999. The number of pyridine rings is 1. The lowest BCUT2D eigenvalue weighted by molar-refractivity contribution is 0.460. The van der Waals surface area contributed by atoms with Crippen molar-refractivity contribution in [3.63, 3.8) is 0 Å². The van der Waals surface area contributed by atoms with Crippen LogP contribution in [0.3, 0.4) is 0 Å². The smallest absolute Gasteiger partial charge is 0.328 e. The molecule has 28 heavy (non-hydrogen) atoms. The summed E-state index contributed by atoms with van der Waals surface area (Å²) in [5, 5.41) is 0.696. The normalized spacial score (nSPS) is 11.1. The van der Waals surface area contributed by atoms with Gasteiger partial charge in [0.25, 0.3) is 5.56 Å². The number of nitrogens with zero attached hydrogens (tertiary/aromatic N) is 2. The molecule has 1 N–H and O–H groups in total. The molecule has 0 saturated carbocycles. The van der Waals surface area contributed by atoms with Crippen LogP contribution in [0.1, 0.15) is 11.1 Å². The Morgan fingerprint density at radius 3 is 2.86 bits per heavy atom. The number of ether oxygens (including phenoxy) is 1. The van der Waals surface area contributed by atoms with E-state index >= 15 is 0 Å². The van der Waals surface area contributed by atoms with E-state index in [9.17, 15) is 14.0 Å². The Bertz CT molecular complexity index is 1270. The van der Waals surface area contributed by atoms with Gasteiger partial charge in [-0.15, -0.1) is 0 Å². The molecule has 0 bridgehead atoms. The van der Waals surface area contributed by atoms with Gasteiger partial charge in [0.15, 0.2) is 0 Å². The molecule has 0 aliphatic rings. The molecule has 142 valence electrons. The maximum absolute atomic E-state index is 13.8. The Morgan fingerprint density at radius 1 is 1.25 bits per heavy atom. The zero-order valence-electron chi connectivity index (χ0n) is 15.2. The maximum Gasteiger partial charge on any atom is 0.328 e. The fraction of sp³-hybridized carbons (Fsp3) is 0.150. The second kappa shape index (κ2) is 6.80. The van der Waals surface area contributed by atoms with Crippen LogP contribution in [0.5, 0.6) is 11.6 Å². The lowest BCUT2D eigenvalue weighted by Gasteiger charge is -2.15. The predicted molar refractivity (Wildman–Crippen MR) is 101 cm³/mol. The molecule has 0 aliphatic carbocycles. The predicted octanol–water partition coefficient (Wildman–Crippen LogP) is 3.45. The standard InChI is InChI=1S/C20H16FN3O4/c1-11-17(24(2)20(26)23-18(11)25)14-4-3-13(9-12(14)10-21)28-19-15-6-8-27-16(15)5-7-22-19/h3-9H,10H2,1-2H3,(H,23,25,26). The van der Waals surface area contributed by atoms with Crippen molar-refractivity contribution < 1.29 is 13.5 Å². The Morgan fingerprint density at radius 2 is 2.07 bits per heavy atom. The number of benzene rings is 1. The van der Waals surface area contributed by atoms with Gasteiger partial charge >= 0.3 is 5.69 Å². The average Bonchev–Trinajstić information content (AvgIpc) is 3.17. The van der Waals surface area contributed by atoms with Crippen molar-refractivity contribution in [3.05, 3.63) is 74.8 Å². The molecule has 0 fully saturated rings. The van der Waals surface area contributed by atoms with E-state index in [1.807, 2.05) is 0 Å². The Hall–Kier alpha value is -3.68. The molecule has 0 spiro atoms. The van der Waals surface area contributed by atoms with E-state index in [0.29, 0.717) is 45.0 Å². The van der Waals surface area contributed by atoms with Crippen LogP contribution in [-0.2, 0) is 13.7 Å². The monoisotopic (exact) mass is 381 g/mol. The summed E-state index contributed by atoms with van der Waals surface area (Å²) in [6.45, 7) is 0.792. The Labute approximate surface area is 158 Å². The van der Waals surface area contributed by atoms with Gasteiger partial charge in [0, 0.05) is 24.4 Å². The van der Waals surface area contributed by atoms with E-state index in [1.54, 1.807) is 37.4 Å². The summed E-state index contributed by atoms with van der Waals surface area (Å²) in [4.78, 5) is 30.4. The van der Waals surface area contributed by atoms with E-state index < -0.39 is 17.9 Å². The van der Waals surface area contributed by atoms with Gasteiger partial charge in [0.05, 0.1) is 17.3 Å². The molecule has 3 aromatic heterocycles. The second-order valence-corrected chi connectivity index (χ2v) is 6.30. The first-order valence-corrected chi connectivity index (χ1v) is 8.49. The molecule has 0 radical (unpaired) electrons. The number of aromatic nitrogens is 3. The molecule has 0 aliphatic heterocycles. The number of rotatable bonds is 4. The Balaban J connectivity index is 1.81. The maximum atomic E-state index is 13.8. The zero-order valence-corrected chi connectivity index (χ0v) is 15.2. The molecule has 0 unspecified atom stereocenters. The fourth-order valence-corrected chi connectivity index (χ4v) is 3.16. The van der Waals surface area contributed by atoms with Crippen LogP contribution in [-0.4, -0.2) is 14.5 Å². The molecule has 4 rings (SSSR count). The minimum Gasteiger partial charge on any atom is -0.464 e. The molecule has 4 aromatic rings. The highest BCUT2D eigenvalue weighted by molar-refractivity contribution is 5.82. The number of H-pyrrole nitrogens is 1. The van der Waals surface area contributed by atoms with Gasteiger partial charge in [0.2, 0.25) is 5.88 Å². The number of hydrogen-bond acceptors (Lipinski definition) is 5. The summed E-state index contributed by atoms with van der Waals surface area (Å²) >= 11 is 0. The van der Waals surface area contributed by atoms with Gasteiger partial charge in [0.1, 0.15) is 18.0 Å². The SMILES string of the molecule is Cc1c(-c2ccc(Oc3nccc4occc34)cc2CF)n(C)c(=O)[nH]c1=O. The summed E-state index contributed by atoms with van der Waals surface area (Å²) in [6.07, 6.45) is 3.09. The van der Waals surface area contributed by atoms with Gasteiger partial charge in [-0.3, -0.25) is 14.3 Å². The third kappa shape index (κ3) is 2.88. The lowest BCUT2D eigenvalue weighted by Crippen LogP contribution is -2.31. The Kier molecular flexibility index (Phi) is 4.31. The van der Waals surface area contributed by atoms with Crippen LogP contribution in [0.15, 0.2) is 56.8 Å². The van der Waals surface area contributed by atoms with Crippen LogP contribution in [0.25, 0.3) is 22.2 Å². The van der Waals surface area contributed by atoms with Gasteiger partial charge < -0.3 is 9.15 Å². The summed E-state index contributed by atoms with van der Waals surface area (Å²) in [7, 11) is 1.52. The van der Waals surface area contributed by atoms with E-state index in [0.717, 1.165) is 0 Å². The molecule has 1 aromatic carbocycles. The van der Waals surface area contributed by atoms with Crippen LogP contribution in [0.2, 0.25) is 0 Å². The summed E-state index contributed by atoms with van der Waals surface area (Å²) in [5.74, 6) is 0.716. The minimum atomic E-state index is -0.795. The van der Waals surface area contributed by atoms with E-state index in [-0.39, 0.29) is 0 Å². The molecule has 7 nitrogen and oxygen atoms in total. The first-order chi connectivity index (χ1) is 13.5. The largest absolute Gasteiger partial charge is 0.464 e. The van der Waals surface area contributed by atoms with Crippen molar-refractivity contribution >= 4 is 11.0 Å². The third-order valence-corrected chi connectivity index (χ3v) is 4.59. The summed E-state index contributed by atoms with van der Waals surface area (Å²) < 4.78 is 26.2. The molecule has 0 atom stereocenters. The molecular weight excluding hydrogens is 365 g/mol. The van der Waals surface area contributed by atoms with Crippen LogP contribution >= 0.6 is 0 Å². The second-order valence-electron chi connectivity index (χ2n) is 6.30. The highest BCUT2D eigenvalue weighted by Crippen LogP contribution is 2.32. The van der Waals surface area contributed by atoms with Crippen molar-refractivity contribution in [2.45, 2.75) is 13.6 Å². The number of aromatic amines is 1. The molecule has 3 heterocycles. The topological polar surface area (TPSA) is 90.1 Å². The number of halogens is 1. The van der Waals surface area contributed by atoms with Crippen molar-refractivity contribution in [1.29, 1.82) is 0 Å². The van der Waals surface area contributed by atoms with E-state index in [2.05, 4.69) is 9.97 Å². The fourth-order valence-electron chi connectivity index (χ4n) is 3.16. The highest BCUT2D eigenvalue weighted by atomic mass is 19.1. The number of hydrogen-bond donors (Lipinski definition) is 1.